The zero-order valence-electron chi connectivity index (χ0n) is 18.5. The Morgan fingerprint density at radius 2 is 2.22 bits per heavy atom. The average Bonchev–Trinajstić information content (AvgIpc) is 3.11. The third kappa shape index (κ3) is 3.17. The van der Waals surface area contributed by atoms with Crippen molar-refractivity contribution >= 4 is 33.8 Å². The summed E-state index contributed by atoms with van der Waals surface area (Å²) in [6.07, 6.45) is 7.58. The van der Waals surface area contributed by atoms with Gasteiger partial charge in [-0.15, -0.1) is 0 Å². The second-order valence-corrected chi connectivity index (χ2v) is 10.1. The van der Waals surface area contributed by atoms with Crippen molar-refractivity contribution in [3.05, 3.63) is 28.8 Å². The van der Waals surface area contributed by atoms with Gasteiger partial charge in [-0.1, -0.05) is 28.1 Å². The van der Waals surface area contributed by atoms with Crippen LogP contribution in [-0.2, 0) is 21.4 Å². The minimum atomic E-state index is -0.184. The Bertz CT molecular complexity index is 996. The van der Waals surface area contributed by atoms with Gasteiger partial charge in [0.05, 0.1) is 11.4 Å². The number of benzene rings is 1. The van der Waals surface area contributed by atoms with Gasteiger partial charge >= 0.3 is 0 Å². The Hall–Kier alpha value is -2.06. The van der Waals surface area contributed by atoms with Crippen LogP contribution in [0.4, 0.5) is 0 Å². The molecule has 3 N–H and O–H groups in total. The molecule has 0 radical (unpaired) electrons. The van der Waals surface area contributed by atoms with Crippen LogP contribution < -0.4 is 15.4 Å². The quantitative estimate of drug-likeness (QED) is 0.535. The molecule has 5 atom stereocenters. The summed E-state index contributed by atoms with van der Waals surface area (Å²) in [5.74, 6) is 1.12. The molecule has 1 saturated heterocycles. The predicted octanol–water partition coefficient (Wildman–Crippen LogP) is 2.09. The zero-order valence-corrected chi connectivity index (χ0v) is 20.1. The van der Waals surface area contributed by atoms with E-state index in [0.717, 1.165) is 43.4 Å². The molecule has 8 heteroatoms. The van der Waals surface area contributed by atoms with Crippen LogP contribution in [0.25, 0.3) is 6.08 Å². The molecule has 32 heavy (non-hydrogen) atoms. The van der Waals surface area contributed by atoms with Crippen molar-refractivity contribution in [3.63, 3.8) is 0 Å². The first kappa shape index (κ1) is 21.8. The number of phenolic OH excluding ortho intramolecular Hbond substituents is 1. The van der Waals surface area contributed by atoms with Gasteiger partial charge in [-0.3, -0.25) is 9.59 Å². The van der Waals surface area contributed by atoms with Crippen LogP contribution >= 0.6 is 15.9 Å². The van der Waals surface area contributed by atoms with Gasteiger partial charge < -0.3 is 25.4 Å². The average molecular weight is 504 g/mol. The molecule has 5 rings (SSSR count). The monoisotopic (exact) mass is 503 g/mol. The lowest BCUT2D eigenvalue weighted by Gasteiger charge is -2.59. The summed E-state index contributed by atoms with van der Waals surface area (Å²) in [4.78, 5) is 25.9. The number of likely N-dealkylation sites (N-methyl/N-ethyl adjacent to an activating group) is 1. The Labute approximate surface area is 196 Å². The third-order valence-electron chi connectivity index (χ3n) is 7.98. The Morgan fingerprint density at radius 1 is 1.41 bits per heavy atom. The number of amides is 2. The number of rotatable bonds is 5. The second-order valence-electron chi connectivity index (χ2n) is 9.58. The van der Waals surface area contributed by atoms with E-state index in [0.29, 0.717) is 24.3 Å². The summed E-state index contributed by atoms with van der Waals surface area (Å²) < 4.78 is 6.52. The maximum absolute atomic E-state index is 11.9. The second kappa shape index (κ2) is 8.06. The standard InChI is InChI=1S/C24H30BrN3O4/c1-13(29)27-17-6-5-16-18-11-15-14(4-3-8-26-20(31)12-25)10-19(30)22-21(15)24(16,23(17)32-22)7-9-28(18)2/h3-4,10,16-18,23,30H,5-9,11-12H2,1-2H3,(H,26,31)(H,27,29)/b4-3+/t16?,17-,18+,23-,24-/m0/s1. The SMILES string of the molecule is CC(=O)N[C@H]1CCC2[C@H]3Cc4c(/C=C/CNC(=O)CBr)cc(O)c5c4[C@@]2(CCN3C)[C@H]1O5. The van der Waals surface area contributed by atoms with Crippen LogP contribution in [0.2, 0.25) is 0 Å². The highest BCUT2D eigenvalue weighted by atomic mass is 79.9. The molecule has 2 heterocycles. The zero-order chi connectivity index (χ0) is 22.6. The van der Waals surface area contributed by atoms with Crippen molar-refractivity contribution in [1.82, 2.24) is 15.5 Å². The highest BCUT2D eigenvalue weighted by Gasteiger charge is 2.65. The number of carbonyl (C=O) groups excluding carboxylic acids is 2. The van der Waals surface area contributed by atoms with E-state index < -0.39 is 0 Å². The Kier molecular flexibility index (Phi) is 5.48. The van der Waals surface area contributed by atoms with E-state index in [4.69, 9.17) is 4.74 Å². The maximum Gasteiger partial charge on any atom is 0.230 e. The molecule has 2 aliphatic carbocycles. The van der Waals surface area contributed by atoms with Gasteiger partial charge in [0, 0.05) is 30.5 Å². The number of carbonyl (C=O) groups is 2. The van der Waals surface area contributed by atoms with Crippen LogP contribution in [0.1, 0.15) is 42.9 Å². The molecule has 1 spiro atoms. The molecule has 1 unspecified atom stereocenters. The van der Waals surface area contributed by atoms with Gasteiger partial charge in [0.1, 0.15) is 6.10 Å². The predicted molar refractivity (Wildman–Crippen MR) is 125 cm³/mol. The van der Waals surface area contributed by atoms with Crippen LogP contribution in [0.5, 0.6) is 11.5 Å². The van der Waals surface area contributed by atoms with E-state index in [1.165, 1.54) is 5.56 Å². The molecule has 1 aromatic rings. The van der Waals surface area contributed by atoms with E-state index in [1.54, 1.807) is 13.0 Å². The molecule has 0 aromatic heterocycles. The van der Waals surface area contributed by atoms with Crippen molar-refractivity contribution in [2.24, 2.45) is 5.92 Å². The number of piperidine rings is 1. The van der Waals surface area contributed by atoms with Gasteiger partial charge in [-0.05, 0) is 62.4 Å². The first-order valence-corrected chi connectivity index (χ1v) is 12.5. The van der Waals surface area contributed by atoms with Crippen LogP contribution in [0, 0.1) is 5.92 Å². The molecule has 7 nitrogen and oxygen atoms in total. The van der Waals surface area contributed by atoms with Crippen LogP contribution in [0.3, 0.4) is 0 Å². The summed E-state index contributed by atoms with van der Waals surface area (Å²) >= 11 is 3.15. The molecule has 2 fully saturated rings. The van der Waals surface area contributed by atoms with Crippen molar-refractivity contribution in [1.29, 1.82) is 0 Å². The number of alkyl halides is 1. The van der Waals surface area contributed by atoms with Crippen molar-refractivity contribution in [3.8, 4) is 11.5 Å². The van der Waals surface area contributed by atoms with E-state index in [2.05, 4.69) is 38.5 Å². The fourth-order valence-corrected chi connectivity index (χ4v) is 7.01. The van der Waals surface area contributed by atoms with E-state index in [1.807, 2.05) is 12.2 Å². The molecule has 4 aliphatic rings. The number of likely N-dealkylation sites (tertiary alicyclic amines) is 1. The minimum Gasteiger partial charge on any atom is -0.504 e. The number of hydrogen-bond acceptors (Lipinski definition) is 5. The summed E-state index contributed by atoms with van der Waals surface area (Å²) in [6, 6.07) is 2.15. The van der Waals surface area contributed by atoms with Crippen molar-refractivity contribution < 1.29 is 19.4 Å². The Morgan fingerprint density at radius 3 is 2.97 bits per heavy atom. The fraction of sp³-hybridized carbons (Fsp3) is 0.583. The summed E-state index contributed by atoms with van der Waals surface area (Å²) in [7, 11) is 2.21. The lowest BCUT2D eigenvalue weighted by Crippen LogP contribution is -2.68. The summed E-state index contributed by atoms with van der Waals surface area (Å²) in [6.45, 7) is 2.97. The molecule has 172 valence electrons. The fourth-order valence-electron chi connectivity index (χ4n) is 6.81. The van der Waals surface area contributed by atoms with Gasteiger partial charge in [0.25, 0.3) is 0 Å². The number of hydrogen-bond donors (Lipinski definition) is 3. The largest absolute Gasteiger partial charge is 0.504 e. The lowest BCUT2D eigenvalue weighted by atomic mass is 9.50. The molecule has 2 bridgehead atoms. The van der Waals surface area contributed by atoms with E-state index in [9.17, 15) is 14.7 Å². The molecular formula is C24H30BrN3O4. The lowest BCUT2D eigenvalue weighted by molar-refractivity contribution is -0.122. The van der Waals surface area contributed by atoms with Crippen molar-refractivity contribution in [2.75, 3.05) is 25.5 Å². The van der Waals surface area contributed by atoms with Crippen LogP contribution in [0.15, 0.2) is 12.1 Å². The molecule has 1 aromatic carbocycles. The Balaban J connectivity index is 1.59. The minimum absolute atomic E-state index is 0.0386. The molecule has 1 saturated carbocycles. The van der Waals surface area contributed by atoms with E-state index in [-0.39, 0.29) is 40.5 Å². The van der Waals surface area contributed by atoms with Crippen LogP contribution in [-0.4, -0.2) is 65.5 Å². The van der Waals surface area contributed by atoms with Gasteiger partial charge in [0.15, 0.2) is 11.5 Å². The molecular weight excluding hydrogens is 474 g/mol. The maximum atomic E-state index is 11.9. The van der Waals surface area contributed by atoms with Crippen molar-refractivity contribution in [2.45, 2.75) is 56.2 Å². The number of nitrogens with zero attached hydrogens (tertiary/aromatic N) is 1. The number of ether oxygens (including phenoxy) is 1. The van der Waals surface area contributed by atoms with Gasteiger partial charge in [-0.25, -0.2) is 0 Å². The first-order valence-electron chi connectivity index (χ1n) is 11.4. The smallest absolute Gasteiger partial charge is 0.230 e. The number of phenols is 1. The normalized spacial score (nSPS) is 32.3. The third-order valence-corrected chi connectivity index (χ3v) is 8.49. The number of halogens is 1. The van der Waals surface area contributed by atoms with Gasteiger partial charge in [0.2, 0.25) is 11.8 Å². The molecule has 2 aliphatic heterocycles. The highest BCUT2D eigenvalue weighted by molar-refractivity contribution is 9.09. The highest BCUT2D eigenvalue weighted by Crippen LogP contribution is 2.64. The summed E-state index contributed by atoms with van der Waals surface area (Å²) in [5, 5.41) is 17.2. The number of nitrogens with one attached hydrogen (secondary N) is 2. The number of aromatic hydroxyl groups is 1. The summed E-state index contributed by atoms with van der Waals surface area (Å²) in [5.41, 5.74) is 3.20. The van der Waals surface area contributed by atoms with E-state index >= 15 is 0 Å². The topological polar surface area (TPSA) is 90.9 Å². The molecule has 2 amide bonds. The van der Waals surface area contributed by atoms with Gasteiger partial charge in [-0.2, -0.15) is 0 Å². The first-order chi connectivity index (χ1) is 15.4.